The molecule has 0 fully saturated rings. The zero-order valence-corrected chi connectivity index (χ0v) is 15.4. The van der Waals surface area contributed by atoms with Crippen molar-refractivity contribution in [3.8, 4) is 11.1 Å². The summed E-state index contributed by atoms with van der Waals surface area (Å²) in [6.45, 7) is 6.88. The summed E-state index contributed by atoms with van der Waals surface area (Å²) in [6.07, 6.45) is 1.37. The van der Waals surface area contributed by atoms with Crippen molar-refractivity contribution in [2.24, 2.45) is 0 Å². The van der Waals surface area contributed by atoms with E-state index in [-0.39, 0.29) is 18.1 Å². The summed E-state index contributed by atoms with van der Waals surface area (Å²) in [5.41, 5.74) is 4.86. The Hall–Kier alpha value is -2.59. The average molecular weight is 351 g/mol. The molecule has 1 amide bonds. The maximum Gasteiger partial charge on any atom is 0.410 e. The van der Waals surface area contributed by atoms with E-state index in [0.717, 1.165) is 0 Å². The minimum atomic E-state index is -0.337. The summed E-state index contributed by atoms with van der Waals surface area (Å²) in [5, 5.41) is 0. The fraction of sp³-hybridized carbons (Fsp3) is 0.318. The Labute approximate surface area is 155 Å². The number of fused-ring (bicyclic) bond motifs is 3. The molecule has 0 aromatic heterocycles. The van der Waals surface area contributed by atoms with E-state index in [9.17, 15) is 4.79 Å². The first-order valence-electron chi connectivity index (χ1n) is 8.88. The third-order valence-corrected chi connectivity index (χ3v) is 4.84. The highest BCUT2D eigenvalue weighted by atomic mass is 16.6. The number of amides is 1. The van der Waals surface area contributed by atoms with E-state index in [4.69, 9.17) is 9.47 Å². The maximum absolute atomic E-state index is 12.6. The number of ether oxygens (including phenoxy) is 2. The van der Waals surface area contributed by atoms with Gasteiger partial charge in [-0.15, -0.1) is 6.58 Å². The average Bonchev–Trinajstić information content (AvgIpc) is 2.98. The third-order valence-electron chi connectivity index (χ3n) is 4.84. The van der Waals surface area contributed by atoms with E-state index in [1.807, 2.05) is 31.2 Å². The monoisotopic (exact) mass is 351 g/mol. The van der Waals surface area contributed by atoms with E-state index in [1.165, 1.54) is 22.3 Å². The zero-order valence-electron chi connectivity index (χ0n) is 15.4. The van der Waals surface area contributed by atoms with Crippen LogP contribution in [0, 0.1) is 0 Å². The first-order valence-corrected chi connectivity index (χ1v) is 8.88. The van der Waals surface area contributed by atoms with Gasteiger partial charge in [0.1, 0.15) is 6.61 Å². The Balaban J connectivity index is 1.76. The molecule has 0 radical (unpaired) electrons. The van der Waals surface area contributed by atoms with Crippen LogP contribution in [0.2, 0.25) is 0 Å². The molecule has 2 aromatic carbocycles. The van der Waals surface area contributed by atoms with Crippen LogP contribution in [0.3, 0.4) is 0 Å². The number of benzene rings is 2. The van der Waals surface area contributed by atoms with Gasteiger partial charge in [-0.25, -0.2) is 4.79 Å². The van der Waals surface area contributed by atoms with Gasteiger partial charge < -0.3 is 9.47 Å². The van der Waals surface area contributed by atoms with Gasteiger partial charge in [-0.1, -0.05) is 54.6 Å². The van der Waals surface area contributed by atoms with Gasteiger partial charge in [0.15, 0.2) is 0 Å². The van der Waals surface area contributed by atoms with Crippen LogP contribution in [-0.2, 0) is 9.47 Å². The number of nitrogens with zero attached hydrogens (tertiary/aromatic N) is 1. The fourth-order valence-corrected chi connectivity index (χ4v) is 3.58. The molecule has 0 saturated heterocycles. The molecule has 3 rings (SSSR count). The van der Waals surface area contributed by atoms with E-state index < -0.39 is 0 Å². The molecule has 4 nitrogen and oxygen atoms in total. The van der Waals surface area contributed by atoms with Crippen LogP contribution >= 0.6 is 0 Å². The quantitative estimate of drug-likeness (QED) is 0.692. The maximum atomic E-state index is 12.6. The Bertz CT molecular complexity index is 741. The van der Waals surface area contributed by atoms with Crippen LogP contribution in [0.5, 0.6) is 0 Å². The molecule has 26 heavy (non-hydrogen) atoms. The highest BCUT2D eigenvalue weighted by Crippen LogP contribution is 2.44. The highest BCUT2D eigenvalue weighted by molar-refractivity contribution is 5.79. The van der Waals surface area contributed by atoms with Gasteiger partial charge in [0.05, 0.1) is 12.6 Å². The van der Waals surface area contributed by atoms with E-state index >= 15 is 0 Å². The summed E-state index contributed by atoms with van der Waals surface area (Å²) in [6, 6.07) is 16.6. The van der Waals surface area contributed by atoms with Gasteiger partial charge in [0.25, 0.3) is 0 Å². The predicted molar refractivity (Wildman–Crippen MR) is 103 cm³/mol. The Morgan fingerprint density at radius 3 is 2.27 bits per heavy atom. The van der Waals surface area contributed by atoms with Crippen LogP contribution in [0.15, 0.2) is 61.2 Å². The van der Waals surface area contributed by atoms with E-state index in [1.54, 1.807) is 18.1 Å². The van der Waals surface area contributed by atoms with Crippen molar-refractivity contribution in [3.05, 3.63) is 72.3 Å². The van der Waals surface area contributed by atoms with Crippen molar-refractivity contribution < 1.29 is 14.3 Å². The van der Waals surface area contributed by atoms with Gasteiger partial charge in [-0.05, 0) is 29.2 Å². The molecule has 2 aromatic rings. The van der Waals surface area contributed by atoms with Crippen LogP contribution in [0.4, 0.5) is 4.79 Å². The van der Waals surface area contributed by atoms with Gasteiger partial charge in [0.2, 0.25) is 0 Å². The lowest BCUT2D eigenvalue weighted by atomic mass is 9.98. The molecule has 1 aliphatic rings. The second kappa shape index (κ2) is 8.19. The standard InChI is InChI=1S/C22H25NO3/c1-4-13-23(16(2)14-25-3)22(24)26-15-21-19-11-7-5-9-17(19)18-10-6-8-12-20(18)21/h4-12,16,21H,1,13-15H2,2-3H3. The molecule has 1 atom stereocenters. The van der Waals surface area contributed by atoms with Crippen LogP contribution in [-0.4, -0.2) is 43.9 Å². The summed E-state index contributed by atoms with van der Waals surface area (Å²) in [7, 11) is 1.63. The van der Waals surface area contributed by atoms with Gasteiger partial charge in [0, 0.05) is 19.6 Å². The van der Waals surface area contributed by atoms with Crippen molar-refractivity contribution in [1.82, 2.24) is 4.90 Å². The predicted octanol–water partition coefficient (Wildman–Crippen LogP) is 4.46. The summed E-state index contributed by atoms with van der Waals surface area (Å²) in [5.74, 6) is 0.0645. The molecule has 0 heterocycles. The molecule has 4 heteroatoms. The van der Waals surface area contributed by atoms with Crippen molar-refractivity contribution in [2.45, 2.75) is 18.9 Å². The lowest BCUT2D eigenvalue weighted by Crippen LogP contribution is -2.41. The van der Waals surface area contributed by atoms with Crippen LogP contribution in [0.1, 0.15) is 24.0 Å². The molecule has 0 bridgehead atoms. The Kier molecular flexibility index (Phi) is 5.74. The zero-order chi connectivity index (χ0) is 18.5. The van der Waals surface area contributed by atoms with Crippen molar-refractivity contribution in [1.29, 1.82) is 0 Å². The first kappa shape index (κ1) is 18.2. The molecule has 0 saturated carbocycles. The smallest absolute Gasteiger partial charge is 0.410 e. The molecular formula is C22H25NO3. The fourth-order valence-electron chi connectivity index (χ4n) is 3.58. The largest absolute Gasteiger partial charge is 0.448 e. The molecule has 1 unspecified atom stereocenters. The van der Waals surface area contributed by atoms with Crippen molar-refractivity contribution >= 4 is 6.09 Å². The second-order valence-electron chi connectivity index (χ2n) is 6.55. The van der Waals surface area contributed by atoms with E-state index in [0.29, 0.717) is 19.8 Å². The molecule has 0 aliphatic heterocycles. The van der Waals surface area contributed by atoms with Gasteiger partial charge in [-0.2, -0.15) is 0 Å². The molecule has 0 N–H and O–H groups in total. The van der Waals surface area contributed by atoms with Crippen LogP contribution < -0.4 is 0 Å². The van der Waals surface area contributed by atoms with Gasteiger partial charge >= 0.3 is 6.09 Å². The first-order chi connectivity index (χ1) is 12.7. The summed E-state index contributed by atoms with van der Waals surface area (Å²) >= 11 is 0. The SMILES string of the molecule is C=CCN(C(=O)OCC1c2ccccc2-c2ccccc21)C(C)COC. The lowest BCUT2D eigenvalue weighted by molar-refractivity contribution is 0.0668. The number of hydrogen-bond donors (Lipinski definition) is 0. The van der Waals surface area contributed by atoms with E-state index in [2.05, 4.69) is 30.8 Å². The van der Waals surface area contributed by atoms with Crippen molar-refractivity contribution in [3.63, 3.8) is 0 Å². The summed E-state index contributed by atoms with van der Waals surface area (Å²) < 4.78 is 10.9. The minimum Gasteiger partial charge on any atom is -0.448 e. The minimum absolute atomic E-state index is 0.0645. The molecule has 0 spiro atoms. The molecule has 1 aliphatic carbocycles. The number of methoxy groups -OCH3 is 1. The third kappa shape index (κ3) is 3.51. The normalized spacial score (nSPS) is 13.6. The Morgan fingerprint density at radius 2 is 1.73 bits per heavy atom. The number of carbonyl (C=O) groups is 1. The molecular weight excluding hydrogens is 326 g/mol. The second-order valence-corrected chi connectivity index (χ2v) is 6.55. The molecule has 136 valence electrons. The topological polar surface area (TPSA) is 38.8 Å². The number of hydrogen-bond acceptors (Lipinski definition) is 3. The number of carbonyl (C=O) groups excluding carboxylic acids is 1. The lowest BCUT2D eigenvalue weighted by Gasteiger charge is -2.27. The van der Waals surface area contributed by atoms with Crippen molar-refractivity contribution in [2.75, 3.05) is 26.9 Å². The summed E-state index contributed by atoms with van der Waals surface area (Å²) in [4.78, 5) is 14.3. The Morgan fingerprint density at radius 1 is 1.15 bits per heavy atom. The van der Waals surface area contributed by atoms with Gasteiger partial charge in [-0.3, -0.25) is 4.90 Å². The van der Waals surface area contributed by atoms with Crippen LogP contribution in [0.25, 0.3) is 11.1 Å². The highest BCUT2D eigenvalue weighted by Gasteiger charge is 2.30. The number of rotatable bonds is 7.